The molecule has 0 aliphatic carbocycles. The normalized spacial score (nSPS) is 10.6. The van der Waals surface area contributed by atoms with Crippen LogP contribution in [0.5, 0.6) is 5.75 Å². The van der Waals surface area contributed by atoms with Crippen molar-refractivity contribution in [2.24, 2.45) is 7.05 Å². The van der Waals surface area contributed by atoms with Crippen molar-refractivity contribution in [3.8, 4) is 11.4 Å². The van der Waals surface area contributed by atoms with Crippen molar-refractivity contribution in [3.05, 3.63) is 112 Å². The second kappa shape index (κ2) is 10.8. The molecule has 1 amide bonds. The number of amides is 1. The van der Waals surface area contributed by atoms with Gasteiger partial charge in [0.25, 0.3) is 11.5 Å². The minimum Gasteiger partial charge on any atom is -0.489 e. The van der Waals surface area contributed by atoms with E-state index in [1.54, 1.807) is 55.1 Å². The van der Waals surface area contributed by atoms with Crippen LogP contribution in [0.2, 0.25) is 0 Å². The number of rotatable bonds is 8. The van der Waals surface area contributed by atoms with Crippen molar-refractivity contribution >= 4 is 17.6 Å². The summed E-state index contributed by atoms with van der Waals surface area (Å²) < 4.78 is 14.1. The van der Waals surface area contributed by atoms with Crippen LogP contribution in [-0.4, -0.2) is 27.8 Å². The van der Waals surface area contributed by atoms with Crippen LogP contribution in [0.1, 0.15) is 27.2 Å². The number of hydrogen-bond donors (Lipinski definition) is 1. The summed E-state index contributed by atoms with van der Waals surface area (Å²) in [7, 11) is 1.73. The number of benzene rings is 3. The van der Waals surface area contributed by atoms with E-state index < -0.39 is 18.5 Å². The van der Waals surface area contributed by atoms with Gasteiger partial charge in [-0.05, 0) is 49.7 Å². The Balaban J connectivity index is 1.37. The Morgan fingerprint density at radius 3 is 2.42 bits per heavy atom. The molecule has 0 saturated heterocycles. The number of nitrogens with zero attached hydrogens (tertiary/aromatic N) is 2. The summed E-state index contributed by atoms with van der Waals surface area (Å²) in [5, 5.41) is 2.58. The van der Waals surface area contributed by atoms with E-state index in [9.17, 15) is 14.4 Å². The van der Waals surface area contributed by atoms with Gasteiger partial charge in [0.05, 0.1) is 16.9 Å². The number of aromatic nitrogens is 2. The van der Waals surface area contributed by atoms with Crippen molar-refractivity contribution in [1.29, 1.82) is 0 Å². The molecule has 4 aromatic rings. The Labute approximate surface area is 208 Å². The highest BCUT2D eigenvalue weighted by Crippen LogP contribution is 2.17. The fraction of sp³-hybridized carbons (Fsp3) is 0.179. The van der Waals surface area contributed by atoms with Gasteiger partial charge in [-0.2, -0.15) is 0 Å². The predicted molar refractivity (Wildman–Crippen MR) is 137 cm³/mol. The van der Waals surface area contributed by atoms with E-state index in [4.69, 9.17) is 9.47 Å². The number of hydrogen-bond acceptors (Lipinski definition) is 5. The first-order chi connectivity index (χ1) is 17.3. The SMILES string of the molecule is Cc1cccc(COc2cccc(C(=O)OCC(=O)Nc3c(C)n(C)n(-c4ccccc4)c3=O)c2)c1. The molecular weight excluding hydrogens is 458 g/mol. The average molecular weight is 486 g/mol. The molecule has 1 heterocycles. The highest BCUT2D eigenvalue weighted by atomic mass is 16.5. The summed E-state index contributed by atoms with van der Waals surface area (Å²) in [5.41, 5.74) is 3.41. The van der Waals surface area contributed by atoms with Crippen LogP contribution in [0.4, 0.5) is 5.69 Å². The van der Waals surface area contributed by atoms with Crippen LogP contribution < -0.4 is 15.6 Å². The summed E-state index contributed by atoms with van der Waals surface area (Å²) in [5.74, 6) is -0.768. The largest absolute Gasteiger partial charge is 0.489 e. The molecule has 8 nitrogen and oxygen atoms in total. The lowest BCUT2D eigenvalue weighted by atomic mass is 10.1. The van der Waals surface area contributed by atoms with E-state index in [1.807, 2.05) is 49.4 Å². The average Bonchev–Trinajstić information content (AvgIpc) is 3.09. The highest BCUT2D eigenvalue weighted by molar-refractivity contribution is 5.95. The maximum absolute atomic E-state index is 12.9. The van der Waals surface area contributed by atoms with Crippen LogP contribution in [0, 0.1) is 13.8 Å². The minimum atomic E-state index is -0.669. The molecule has 3 aromatic carbocycles. The van der Waals surface area contributed by atoms with Crippen molar-refractivity contribution in [3.63, 3.8) is 0 Å². The Morgan fingerprint density at radius 1 is 0.917 bits per heavy atom. The number of para-hydroxylation sites is 1. The van der Waals surface area contributed by atoms with Crippen LogP contribution in [0.15, 0.2) is 83.7 Å². The van der Waals surface area contributed by atoms with Gasteiger partial charge in [-0.25, -0.2) is 9.48 Å². The van der Waals surface area contributed by atoms with Crippen molar-refractivity contribution in [1.82, 2.24) is 9.36 Å². The zero-order valence-electron chi connectivity index (χ0n) is 20.4. The van der Waals surface area contributed by atoms with Gasteiger partial charge >= 0.3 is 5.97 Å². The Bertz CT molecular complexity index is 1450. The molecule has 8 heteroatoms. The quantitative estimate of drug-likeness (QED) is 0.378. The molecule has 0 spiro atoms. The number of ether oxygens (including phenoxy) is 2. The summed E-state index contributed by atoms with van der Waals surface area (Å²) in [6.07, 6.45) is 0. The number of anilines is 1. The maximum atomic E-state index is 12.9. The molecule has 184 valence electrons. The molecule has 4 rings (SSSR count). The Hall–Kier alpha value is -4.59. The molecule has 0 atom stereocenters. The third kappa shape index (κ3) is 5.55. The summed E-state index contributed by atoms with van der Waals surface area (Å²) in [6, 6.07) is 23.6. The summed E-state index contributed by atoms with van der Waals surface area (Å²) in [6.45, 7) is 3.56. The monoisotopic (exact) mass is 485 g/mol. The predicted octanol–water partition coefficient (Wildman–Crippen LogP) is 4.17. The molecule has 1 aromatic heterocycles. The standard InChI is InChI=1S/C28H27N3O5/c1-19-9-7-10-21(15-19)17-35-24-14-8-11-22(16-24)28(34)36-18-25(32)29-26-20(2)30(3)31(27(26)33)23-12-5-4-6-13-23/h4-16H,17-18H2,1-3H3,(H,29,32). The lowest BCUT2D eigenvalue weighted by Crippen LogP contribution is -2.25. The molecule has 0 aliphatic heterocycles. The van der Waals surface area contributed by atoms with Gasteiger partial charge in [0.1, 0.15) is 18.0 Å². The summed E-state index contributed by atoms with van der Waals surface area (Å²) in [4.78, 5) is 37.9. The molecule has 36 heavy (non-hydrogen) atoms. The zero-order valence-corrected chi connectivity index (χ0v) is 20.4. The number of nitrogens with one attached hydrogen (secondary N) is 1. The van der Waals surface area contributed by atoms with Gasteiger partial charge in [0.15, 0.2) is 6.61 Å². The molecule has 0 fully saturated rings. The maximum Gasteiger partial charge on any atom is 0.338 e. The van der Waals surface area contributed by atoms with Gasteiger partial charge in [-0.3, -0.25) is 14.3 Å². The van der Waals surface area contributed by atoms with E-state index in [1.165, 1.54) is 4.68 Å². The van der Waals surface area contributed by atoms with E-state index in [-0.39, 0.29) is 16.8 Å². The van der Waals surface area contributed by atoms with Gasteiger partial charge in [0, 0.05) is 7.05 Å². The van der Waals surface area contributed by atoms with Crippen LogP contribution in [0.25, 0.3) is 5.69 Å². The minimum absolute atomic E-state index is 0.133. The van der Waals surface area contributed by atoms with Gasteiger partial charge < -0.3 is 14.8 Å². The van der Waals surface area contributed by atoms with E-state index >= 15 is 0 Å². The van der Waals surface area contributed by atoms with Crippen molar-refractivity contribution < 1.29 is 19.1 Å². The summed E-state index contributed by atoms with van der Waals surface area (Å²) >= 11 is 0. The van der Waals surface area contributed by atoms with Gasteiger partial charge in [-0.15, -0.1) is 0 Å². The molecular formula is C28H27N3O5. The fourth-order valence-electron chi connectivity index (χ4n) is 3.78. The van der Waals surface area contributed by atoms with Gasteiger partial charge in [0.2, 0.25) is 0 Å². The molecule has 1 N–H and O–H groups in total. The molecule has 0 bridgehead atoms. The van der Waals surface area contributed by atoms with E-state index in [2.05, 4.69) is 5.32 Å². The second-order valence-electron chi connectivity index (χ2n) is 8.37. The first-order valence-corrected chi connectivity index (χ1v) is 11.4. The molecule has 0 unspecified atom stereocenters. The third-order valence-corrected chi connectivity index (χ3v) is 5.71. The van der Waals surface area contributed by atoms with Crippen LogP contribution in [0.3, 0.4) is 0 Å². The Kier molecular flexibility index (Phi) is 7.34. The number of carbonyl (C=O) groups is 2. The zero-order chi connectivity index (χ0) is 25.7. The van der Waals surface area contributed by atoms with Gasteiger partial charge in [-0.1, -0.05) is 54.1 Å². The van der Waals surface area contributed by atoms with Crippen molar-refractivity contribution in [2.45, 2.75) is 20.5 Å². The fourth-order valence-corrected chi connectivity index (χ4v) is 3.78. The molecule has 0 radical (unpaired) electrons. The van der Waals surface area contributed by atoms with Crippen molar-refractivity contribution in [2.75, 3.05) is 11.9 Å². The lowest BCUT2D eigenvalue weighted by Gasteiger charge is -2.09. The first kappa shape index (κ1) is 24.5. The number of esters is 1. The topological polar surface area (TPSA) is 91.6 Å². The molecule has 0 saturated carbocycles. The molecule has 0 aliphatic rings. The first-order valence-electron chi connectivity index (χ1n) is 11.4. The van der Waals surface area contributed by atoms with E-state index in [0.717, 1.165) is 11.1 Å². The third-order valence-electron chi connectivity index (χ3n) is 5.71. The smallest absolute Gasteiger partial charge is 0.338 e. The lowest BCUT2D eigenvalue weighted by molar-refractivity contribution is -0.119. The number of carbonyl (C=O) groups excluding carboxylic acids is 2. The van der Waals surface area contributed by atoms with E-state index in [0.29, 0.717) is 23.7 Å². The van der Waals surface area contributed by atoms with Crippen LogP contribution >= 0.6 is 0 Å². The number of aryl methyl sites for hydroxylation is 1. The highest BCUT2D eigenvalue weighted by Gasteiger charge is 2.19. The Morgan fingerprint density at radius 2 is 1.67 bits per heavy atom. The second-order valence-corrected chi connectivity index (χ2v) is 8.37. The van der Waals surface area contributed by atoms with Crippen LogP contribution in [-0.2, 0) is 23.2 Å².